The predicted octanol–water partition coefficient (Wildman–Crippen LogP) is 3.63. The van der Waals surface area contributed by atoms with Gasteiger partial charge in [-0.25, -0.2) is 9.18 Å². The topological polar surface area (TPSA) is 112 Å². The third-order valence-electron chi connectivity index (χ3n) is 7.56. The number of amides is 1. The van der Waals surface area contributed by atoms with Gasteiger partial charge in [0.25, 0.3) is 10.2 Å². The molecule has 1 amide bonds. The highest BCUT2D eigenvalue weighted by Gasteiger charge is 2.41. The molecule has 1 aromatic carbocycles. The highest BCUT2D eigenvalue weighted by molar-refractivity contribution is 7.86. The molecule has 4 heterocycles. The summed E-state index contributed by atoms with van der Waals surface area (Å²) in [5.74, 6) is -0.419. The number of alkyl carbamates (subject to hydrolysis) is 1. The first-order valence-electron chi connectivity index (χ1n) is 13.9. The van der Waals surface area contributed by atoms with Crippen LogP contribution in [0.15, 0.2) is 51.6 Å². The Hall–Kier alpha value is -3.06. The van der Waals surface area contributed by atoms with Crippen molar-refractivity contribution in [2.45, 2.75) is 64.9 Å². The van der Waals surface area contributed by atoms with Crippen LogP contribution in [-0.4, -0.2) is 65.8 Å². The molecule has 222 valence electrons. The fourth-order valence-corrected chi connectivity index (χ4v) is 7.10. The number of carbonyl (C=O) groups excluding carboxylic acids is 1. The Kier molecular flexibility index (Phi) is 8.38. The second kappa shape index (κ2) is 11.7. The molecule has 0 spiro atoms. The van der Waals surface area contributed by atoms with E-state index in [0.29, 0.717) is 25.1 Å². The van der Waals surface area contributed by atoms with Crippen LogP contribution in [0, 0.1) is 5.92 Å². The molecule has 10 nitrogen and oxygen atoms in total. The average molecular weight is 589 g/mol. The van der Waals surface area contributed by atoms with Crippen LogP contribution in [0.3, 0.4) is 0 Å². The van der Waals surface area contributed by atoms with Gasteiger partial charge >= 0.3 is 6.09 Å². The normalized spacial score (nSPS) is 20.0. The molecule has 3 aliphatic rings. The van der Waals surface area contributed by atoms with Gasteiger partial charge in [0.1, 0.15) is 23.5 Å². The van der Waals surface area contributed by atoms with Gasteiger partial charge in [0.2, 0.25) is 0 Å². The summed E-state index contributed by atoms with van der Waals surface area (Å²) in [6.07, 6.45) is 2.52. The van der Waals surface area contributed by atoms with Crippen LogP contribution in [-0.2, 0) is 34.6 Å². The Morgan fingerprint density at radius 3 is 2.34 bits per heavy atom. The summed E-state index contributed by atoms with van der Waals surface area (Å²) in [7, 11) is -3.71. The predicted molar refractivity (Wildman–Crippen MR) is 151 cm³/mol. The van der Waals surface area contributed by atoms with Crippen LogP contribution >= 0.6 is 0 Å². The van der Waals surface area contributed by atoms with Crippen molar-refractivity contribution in [1.82, 2.24) is 18.8 Å². The van der Waals surface area contributed by atoms with E-state index in [4.69, 9.17) is 9.15 Å². The smallest absolute Gasteiger partial charge is 0.407 e. The minimum atomic E-state index is -3.71. The lowest BCUT2D eigenvalue weighted by Gasteiger charge is -2.42. The third kappa shape index (κ3) is 7.06. The van der Waals surface area contributed by atoms with Gasteiger partial charge in [-0.2, -0.15) is 17.0 Å². The molecule has 12 heteroatoms. The lowest BCUT2D eigenvalue weighted by molar-refractivity contribution is 0.0455. The molecule has 1 N–H and O–H groups in total. The molecular weight excluding hydrogens is 551 g/mol. The number of hydrogen-bond donors (Lipinski definition) is 1. The number of nitrogens with one attached hydrogen (secondary N) is 1. The summed E-state index contributed by atoms with van der Waals surface area (Å²) < 4.78 is 54.7. The average Bonchev–Trinajstić information content (AvgIpc) is 3.29. The van der Waals surface area contributed by atoms with Crippen molar-refractivity contribution in [3.8, 4) is 0 Å². The van der Waals surface area contributed by atoms with E-state index in [1.165, 1.54) is 38.1 Å². The van der Waals surface area contributed by atoms with E-state index in [1.54, 1.807) is 20.8 Å². The Bertz CT molecular complexity index is 1450. The molecule has 0 aliphatic carbocycles. The molecule has 2 saturated heterocycles. The Morgan fingerprint density at radius 2 is 1.76 bits per heavy atom. The van der Waals surface area contributed by atoms with Gasteiger partial charge in [-0.3, -0.25) is 9.69 Å². The van der Waals surface area contributed by atoms with Crippen LogP contribution < -0.4 is 10.7 Å². The number of carbonyl (C=O) groups is 1. The molecule has 3 aliphatic heterocycles. The van der Waals surface area contributed by atoms with Crippen molar-refractivity contribution in [1.29, 1.82) is 0 Å². The second-order valence-electron chi connectivity index (χ2n) is 12.0. The zero-order valence-electron chi connectivity index (χ0n) is 23.6. The zero-order valence-corrected chi connectivity index (χ0v) is 24.5. The van der Waals surface area contributed by atoms with Crippen LogP contribution in [0.4, 0.5) is 9.18 Å². The standard InChI is InChI=1S/C29H37FN4O6S/c1-29(2,3)40-28(36)31-24-16-34(17-24)41(37,38)33-10-8-20(9-11-33)26(30)12-23-19-39-25(13-27(23)35)18-32-14-21-6-4-5-7-22(21)15-32/h4-7,12-13,19-20,24H,8-11,14-18H2,1-3H3,(H,31,36)/b26-12-. The van der Waals surface area contributed by atoms with Gasteiger partial charge in [0.05, 0.1) is 18.2 Å². The largest absolute Gasteiger partial charge is 0.467 e. The van der Waals surface area contributed by atoms with Crippen molar-refractivity contribution in [3.05, 3.63) is 75.1 Å². The monoisotopic (exact) mass is 588 g/mol. The third-order valence-corrected chi connectivity index (χ3v) is 9.53. The van der Waals surface area contributed by atoms with E-state index in [0.717, 1.165) is 13.1 Å². The number of rotatable bonds is 7. The number of hydrogen-bond acceptors (Lipinski definition) is 7. The molecule has 2 aromatic rings. The first kappa shape index (κ1) is 29.4. The first-order chi connectivity index (χ1) is 19.4. The van der Waals surface area contributed by atoms with E-state index in [9.17, 15) is 18.0 Å². The molecule has 41 heavy (non-hydrogen) atoms. The summed E-state index contributed by atoms with van der Waals surface area (Å²) in [6, 6.07) is 9.30. The van der Waals surface area contributed by atoms with Gasteiger partial charge in [0.15, 0.2) is 5.43 Å². The molecule has 2 fully saturated rings. The van der Waals surface area contributed by atoms with Crippen LogP contribution in [0.5, 0.6) is 0 Å². The molecule has 0 radical (unpaired) electrons. The van der Waals surface area contributed by atoms with Gasteiger partial charge in [-0.15, -0.1) is 0 Å². The number of benzene rings is 1. The fourth-order valence-electron chi connectivity index (χ4n) is 5.37. The van der Waals surface area contributed by atoms with Crippen LogP contribution in [0.2, 0.25) is 0 Å². The SMILES string of the molecule is CC(C)(C)OC(=O)NC1CN(S(=O)(=O)N2CCC(/C(F)=C/c3coc(CN4Cc5ccccc5C4)cc3=O)CC2)C1. The number of halogens is 1. The quantitative estimate of drug-likeness (QED) is 0.526. The Morgan fingerprint density at radius 1 is 1.12 bits per heavy atom. The minimum absolute atomic E-state index is 0.134. The van der Waals surface area contributed by atoms with E-state index in [2.05, 4.69) is 22.3 Å². The van der Waals surface area contributed by atoms with E-state index in [1.807, 2.05) is 12.1 Å². The van der Waals surface area contributed by atoms with Gasteiger partial charge < -0.3 is 14.5 Å². The maximum atomic E-state index is 15.1. The van der Waals surface area contributed by atoms with Gasteiger partial charge in [-0.05, 0) is 50.8 Å². The Balaban J connectivity index is 1.10. The lowest BCUT2D eigenvalue weighted by atomic mass is 9.95. The number of piperidine rings is 1. The lowest BCUT2D eigenvalue weighted by Crippen LogP contribution is -2.64. The molecule has 0 bridgehead atoms. The highest BCUT2D eigenvalue weighted by Crippen LogP contribution is 2.30. The van der Waals surface area contributed by atoms with E-state index < -0.39 is 33.6 Å². The van der Waals surface area contributed by atoms with Crippen LogP contribution in [0.25, 0.3) is 6.08 Å². The van der Waals surface area contributed by atoms with Crippen molar-refractivity contribution in [2.24, 2.45) is 5.92 Å². The van der Waals surface area contributed by atoms with Crippen molar-refractivity contribution in [3.63, 3.8) is 0 Å². The van der Waals surface area contributed by atoms with Crippen molar-refractivity contribution in [2.75, 3.05) is 26.2 Å². The number of fused-ring (bicyclic) bond motifs is 1. The van der Waals surface area contributed by atoms with Crippen molar-refractivity contribution < 1.29 is 26.8 Å². The Labute approximate surface area is 239 Å². The molecule has 0 saturated carbocycles. The van der Waals surface area contributed by atoms with Gasteiger partial charge in [0, 0.05) is 51.3 Å². The fraction of sp³-hybridized carbons (Fsp3) is 0.517. The van der Waals surface area contributed by atoms with E-state index >= 15 is 4.39 Å². The zero-order chi connectivity index (χ0) is 29.4. The second-order valence-corrected chi connectivity index (χ2v) is 13.9. The number of allylic oxidation sites excluding steroid dienone is 1. The first-order valence-corrected chi connectivity index (χ1v) is 15.3. The molecule has 1 aromatic heterocycles. The maximum Gasteiger partial charge on any atom is 0.407 e. The van der Waals surface area contributed by atoms with Crippen LogP contribution in [0.1, 0.15) is 56.1 Å². The molecule has 0 unspecified atom stereocenters. The number of ether oxygens (including phenoxy) is 1. The summed E-state index contributed by atoms with van der Waals surface area (Å²) in [4.78, 5) is 26.8. The van der Waals surface area contributed by atoms with E-state index in [-0.39, 0.29) is 43.2 Å². The summed E-state index contributed by atoms with van der Waals surface area (Å²) in [5.41, 5.74) is 1.71. The summed E-state index contributed by atoms with van der Waals surface area (Å²) in [5, 5.41) is 2.67. The summed E-state index contributed by atoms with van der Waals surface area (Å²) in [6.45, 7) is 7.97. The molecule has 0 atom stereocenters. The number of nitrogens with zero attached hydrogens (tertiary/aromatic N) is 3. The molecule has 5 rings (SSSR count). The summed E-state index contributed by atoms with van der Waals surface area (Å²) >= 11 is 0. The molecular formula is C29H37FN4O6S. The highest BCUT2D eigenvalue weighted by atomic mass is 32.2. The minimum Gasteiger partial charge on any atom is -0.467 e. The maximum absolute atomic E-state index is 15.1. The van der Waals surface area contributed by atoms with Gasteiger partial charge in [-0.1, -0.05) is 24.3 Å². The van der Waals surface area contributed by atoms with Crippen molar-refractivity contribution >= 4 is 22.4 Å².